The van der Waals surface area contributed by atoms with E-state index in [0.29, 0.717) is 11.3 Å². The molecule has 0 aliphatic heterocycles. The van der Waals surface area contributed by atoms with Crippen molar-refractivity contribution >= 4 is 11.4 Å². The van der Waals surface area contributed by atoms with Crippen LogP contribution in [0.2, 0.25) is 0 Å². The van der Waals surface area contributed by atoms with Crippen molar-refractivity contribution in [2.45, 2.75) is 13.5 Å². The summed E-state index contributed by atoms with van der Waals surface area (Å²) in [5.41, 5.74) is 1.68. The first-order valence-electron chi connectivity index (χ1n) is 6.12. The van der Waals surface area contributed by atoms with Gasteiger partial charge in [-0.25, -0.2) is 0 Å². The van der Waals surface area contributed by atoms with Crippen LogP contribution in [-0.4, -0.2) is 20.2 Å². The van der Waals surface area contributed by atoms with Gasteiger partial charge in [0.05, 0.1) is 4.92 Å². The van der Waals surface area contributed by atoms with Gasteiger partial charge in [0.1, 0.15) is 0 Å². The van der Waals surface area contributed by atoms with Crippen molar-refractivity contribution < 1.29 is 20.2 Å². The number of non-ortho nitro benzene ring substituents is 1. The van der Waals surface area contributed by atoms with Crippen molar-refractivity contribution in [3.8, 4) is 17.2 Å². The van der Waals surface area contributed by atoms with Gasteiger partial charge in [0.15, 0.2) is 11.5 Å². The van der Waals surface area contributed by atoms with Gasteiger partial charge in [0, 0.05) is 29.9 Å². The number of aromatic hydroxyl groups is 3. The van der Waals surface area contributed by atoms with Gasteiger partial charge in [-0.15, -0.1) is 0 Å². The first kappa shape index (κ1) is 14.4. The number of phenols is 3. The molecular weight excluding hydrogens is 276 g/mol. The second-order valence-corrected chi connectivity index (χ2v) is 4.55. The summed E-state index contributed by atoms with van der Waals surface area (Å²) in [5.74, 6) is -1.43. The summed E-state index contributed by atoms with van der Waals surface area (Å²) in [5, 5.41) is 42.1. The van der Waals surface area contributed by atoms with E-state index >= 15 is 0 Å². The molecular formula is C14H14N2O5. The second kappa shape index (κ2) is 5.58. The van der Waals surface area contributed by atoms with Crippen molar-refractivity contribution in [2.24, 2.45) is 0 Å². The van der Waals surface area contributed by atoms with Crippen LogP contribution in [0.5, 0.6) is 17.2 Å². The van der Waals surface area contributed by atoms with Crippen LogP contribution < -0.4 is 5.32 Å². The minimum absolute atomic E-state index is 0.0409. The van der Waals surface area contributed by atoms with Crippen molar-refractivity contribution in [3.05, 3.63) is 51.6 Å². The summed E-state index contributed by atoms with van der Waals surface area (Å²) in [6.07, 6.45) is 0. The van der Waals surface area contributed by atoms with Gasteiger partial charge in [-0.3, -0.25) is 10.1 Å². The fourth-order valence-corrected chi connectivity index (χ4v) is 1.86. The molecule has 0 aromatic heterocycles. The van der Waals surface area contributed by atoms with Gasteiger partial charge in [-0.2, -0.15) is 0 Å². The molecule has 2 aromatic rings. The largest absolute Gasteiger partial charge is 0.504 e. The number of hydrogen-bond donors (Lipinski definition) is 4. The zero-order valence-electron chi connectivity index (χ0n) is 11.2. The molecule has 21 heavy (non-hydrogen) atoms. The summed E-state index contributed by atoms with van der Waals surface area (Å²) in [6.45, 7) is 1.93. The van der Waals surface area contributed by atoms with Gasteiger partial charge in [0.2, 0.25) is 5.75 Å². The van der Waals surface area contributed by atoms with Gasteiger partial charge >= 0.3 is 0 Å². The molecule has 2 rings (SSSR count). The third-order valence-electron chi connectivity index (χ3n) is 3.11. The van der Waals surface area contributed by atoms with Crippen LogP contribution in [0.25, 0.3) is 0 Å². The Morgan fingerprint density at radius 2 is 1.86 bits per heavy atom. The number of phenolic OH excluding ortho intramolecular Hbond substituents is 3. The Hall–Kier alpha value is -2.96. The molecule has 110 valence electrons. The highest BCUT2D eigenvalue weighted by molar-refractivity contribution is 5.59. The minimum atomic E-state index is -0.593. The van der Waals surface area contributed by atoms with E-state index in [1.807, 2.05) is 0 Å². The molecule has 0 fully saturated rings. The molecule has 0 aliphatic carbocycles. The first-order chi connectivity index (χ1) is 9.90. The van der Waals surface area contributed by atoms with E-state index in [0.717, 1.165) is 5.56 Å². The lowest BCUT2D eigenvalue weighted by atomic mass is 10.1. The fourth-order valence-electron chi connectivity index (χ4n) is 1.86. The molecule has 0 heterocycles. The Balaban J connectivity index is 2.22. The number of aryl methyl sites for hydroxylation is 1. The van der Waals surface area contributed by atoms with Gasteiger partial charge in [-0.1, -0.05) is 6.07 Å². The van der Waals surface area contributed by atoms with E-state index in [-0.39, 0.29) is 12.2 Å². The van der Waals surface area contributed by atoms with E-state index in [9.17, 15) is 25.4 Å². The SMILES string of the molecule is Cc1ccc([N+](=O)[O-])cc1NCc1ccc(O)c(O)c1O. The smallest absolute Gasteiger partial charge is 0.271 e. The molecule has 0 saturated carbocycles. The Morgan fingerprint density at radius 3 is 2.52 bits per heavy atom. The summed E-state index contributed by atoms with van der Waals surface area (Å²) in [6, 6.07) is 7.13. The van der Waals surface area contributed by atoms with Crippen LogP contribution in [0.3, 0.4) is 0 Å². The van der Waals surface area contributed by atoms with Crippen LogP contribution in [0.15, 0.2) is 30.3 Å². The maximum absolute atomic E-state index is 10.8. The van der Waals surface area contributed by atoms with Crippen LogP contribution in [0.1, 0.15) is 11.1 Å². The number of rotatable bonds is 4. The topological polar surface area (TPSA) is 116 Å². The molecule has 0 atom stereocenters. The molecule has 0 aliphatic rings. The monoisotopic (exact) mass is 290 g/mol. The maximum atomic E-state index is 10.8. The lowest BCUT2D eigenvalue weighted by Gasteiger charge is -2.11. The van der Waals surface area contributed by atoms with E-state index in [2.05, 4.69) is 5.32 Å². The molecule has 0 radical (unpaired) electrons. The van der Waals surface area contributed by atoms with Gasteiger partial charge in [-0.05, 0) is 24.6 Å². The normalized spacial score (nSPS) is 10.3. The third-order valence-corrected chi connectivity index (χ3v) is 3.11. The molecule has 0 spiro atoms. The van der Waals surface area contributed by atoms with Crippen molar-refractivity contribution in [1.82, 2.24) is 0 Å². The number of nitrogens with zero attached hydrogens (tertiary/aromatic N) is 1. The Kier molecular flexibility index (Phi) is 3.84. The number of anilines is 1. The third kappa shape index (κ3) is 2.97. The van der Waals surface area contributed by atoms with Crippen molar-refractivity contribution in [1.29, 1.82) is 0 Å². The number of nitrogens with one attached hydrogen (secondary N) is 1. The number of nitro groups is 1. The summed E-state index contributed by atoms with van der Waals surface area (Å²) in [7, 11) is 0. The number of hydrogen-bond acceptors (Lipinski definition) is 6. The van der Waals surface area contributed by atoms with Gasteiger partial charge in [0.25, 0.3) is 5.69 Å². The van der Waals surface area contributed by atoms with E-state index in [4.69, 9.17) is 0 Å². The zero-order chi connectivity index (χ0) is 15.6. The van der Waals surface area contributed by atoms with E-state index in [1.54, 1.807) is 13.0 Å². The predicted molar refractivity (Wildman–Crippen MR) is 76.6 cm³/mol. The van der Waals surface area contributed by atoms with Crippen LogP contribution in [0.4, 0.5) is 11.4 Å². The molecule has 0 saturated heterocycles. The summed E-state index contributed by atoms with van der Waals surface area (Å²) >= 11 is 0. The standard InChI is InChI=1S/C14H14N2O5/c1-8-2-4-10(16(20)21)6-11(8)15-7-9-3-5-12(17)14(19)13(9)18/h2-6,15,17-19H,7H2,1H3. The Morgan fingerprint density at radius 1 is 1.14 bits per heavy atom. The predicted octanol–water partition coefficient (Wildman–Crippen LogP) is 2.63. The summed E-state index contributed by atoms with van der Waals surface area (Å²) < 4.78 is 0. The van der Waals surface area contributed by atoms with Crippen LogP contribution >= 0.6 is 0 Å². The van der Waals surface area contributed by atoms with E-state index < -0.39 is 22.2 Å². The average Bonchev–Trinajstić information content (AvgIpc) is 2.45. The molecule has 0 amide bonds. The molecule has 2 aromatic carbocycles. The van der Waals surface area contributed by atoms with Crippen LogP contribution in [-0.2, 0) is 6.54 Å². The molecule has 0 bridgehead atoms. The highest BCUT2D eigenvalue weighted by atomic mass is 16.6. The first-order valence-corrected chi connectivity index (χ1v) is 6.12. The van der Waals surface area contributed by atoms with Crippen molar-refractivity contribution in [3.63, 3.8) is 0 Å². The lowest BCUT2D eigenvalue weighted by Crippen LogP contribution is -2.02. The highest BCUT2D eigenvalue weighted by Crippen LogP contribution is 2.37. The molecule has 4 N–H and O–H groups in total. The quantitative estimate of drug-likeness (QED) is 0.391. The molecule has 0 unspecified atom stereocenters. The summed E-state index contributed by atoms with van der Waals surface area (Å²) in [4.78, 5) is 10.3. The van der Waals surface area contributed by atoms with Crippen molar-refractivity contribution in [2.75, 3.05) is 5.32 Å². The highest BCUT2D eigenvalue weighted by Gasteiger charge is 2.12. The Bertz CT molecular complexity index is 700. The fraction of sp³-hybridized carbons (Fsp3) is 0.143. The Labute approximate surface area is 120 Å². The average molecular weight is 290 g/mol. The van der Waals surface area contributed by atoms with Crippen LogP contribution in [0, 0.1) is 17.0 Å². The molecule has 7 heteroatoms. The van der Waals surface area contributed by atoms with E-state index in [1.165, 1.54) is 24.3 Å². The zero-order valence-corrected chi connectivity index (χ0v) is 11.2. The number of nitro benzene ring substituents is 1. The second-order valence-electron chi connectivity index (χ2n) is 4.55. The lowest BCUT2D eigenvalue weighted by molar-refractivity contribution is -0.384. The van der Waals surface area contributed by atoms with Gasteiger partial charge < -0.3 is 20.6 Å². The number of benzene rings is 2. The molecule has 7 nitrogen and oxygen atoms in total. The minimum Gasteiger partial charge on any atom is -0.504 e. The maximum Gasteiger partial charge on any atom is 0.271 e.